The van der Waals surface area contributed by atoms with E-state index in [0.29, 0.717) is 66.9 Å². The quantitative estimate of drug-likeness (QED) is 0.339. The number of carbonyl (C=O) groups is 2. The summed E-state index contributed by atoms with van der Waals surface area (Å²) in [5.74, 6) is 0.749. The third-order valence-electron chi connectivity index (χ3n) is 7.66. The number of Topliss-reactive ketones (excluding diaryl/α,β-unsaturated/α-hetero) is 2. The van der Waals surface area contributed by atoms with Crippen LogP contribution < -0.4 is 9.47 Å². The van der Waals surface area contributed by atoms with Crippen molar-refractivity contribution in [3.05, 3.63) is 45.3 Å². The van der Waals surface area contributed by atoms with Crippen LogP contribution in [0.3, 0.4) is 0 Å². The molecule has 0 radical (unpaired) electrons. The lowest BCUT2D eigenvalue weighted by molar-refractivity contribution is -0.119. The Hall–Kier alpha value is -2.31. The summed E-state index contributed by atoms with van der Waals surface area (Å²) in [7, 11) is 1.68. The van der Waals surface area contributed by atoms with Gasteiger partial charge in [0.05, 0.1) is 24.8 Å². The lowest BCUT2D eigenvalue weighted by atomic mass is 9.63. The number of ketones is 2. The summed E-state index contributed by atoms with van der Waals surface area (Å²) in [5.41, 5.74) is 3.90. The number of benzene rings is 1. The third-order valence-corrected chi connectivity index (χ3v) is 7.94. The molecule has 0 saturated carbocycles. The smallest absolute Gasteiger partial charge is 0.179 e. The fourth-order valence-corrected chi connectivity index (χ4v) is 6.47. The van der Waals surface area contributed by atoms with E-state index in [-0.39, 0.29) is 22.4 Å². The van der Waals surface area contributed by atoms with Gasteiger partial charge in [-0.1, -0.05) is 46.2 Å². The molecule has 2 aliphatic carbocycles. The summed E-state index contributed by atoms with van der Waals surface area (Å²) < 4.78 is 17.4. The topological polar surface area (TPSA) is 65.1 Å². The molecule has 1 aliphatic heterocycles. The summed E-state index contributed by atoms with van der Waals surface area (Å²) in [6, 6.07) is 3.78. The fourth-order valence-electron chi connectivity index (χ4n) is 6.20. The number of methoxy groups -OCH3 is 1. The highest BCUT2D eigenvalue weighted by atomic mass is 35.5. The van der Waals surface area contributed by atoms with E-state index in [1.165, 1.54) is 0 Å². The largest absolute Gasteiger partial charge is 0.490 e. The van der Waals surface area contributed by atoms with E-state index < -0.39 is 5.92 Å². The fraction of sp³-hybridized carbons (Fsp3) is 0.613. The van der Waals surface area contributed by atoms with Crippen LogP contribution in [0.5, 0.6) is 11.5 Å². The van der Waals surface area contributed by atoms with E-state index in [1.54, 1.807) is 7.11 Å². The lowest BCUT2D eigenvalue weighted by Gasteiger charge is -2.49. The third kappa shape index (κ3) is 5.53. The van der Waals surface area contributed by atoms with Crippen molar-refractivity contribution in [2.75, 3.05) is 33.5 Å². The van der Waals surface area contributed by atoms with Gasteiger partial charge in [0.25, 0.3) is 0 Å². The van der Waals surface area contributed by atoms with E-state index in [1.807, 2.05) is 26.0 Å². The van der Waals surface area contributed by atoms with Gasteiger partial charge in [-0.15, -0.1) is 0 Å². The Bertz CT molecular complexity index is 1120. The van der Waals surface area contributed by atoms with Gasteiger partial charge < -0.3 is 19.1 Å². The van der Waals surface area contributed by atoms with Crippen LogP contribution in [0, 0.1) is 10.8 Å². The molecular weight excluding hydrogens is 502 g/mol. The molecule has 0 spiro atoms. The van der Waals surface area contributed by atoms with Gasteiger partial charge >= 0.3 is 0 Å². The molecule has 3 aliphatic rings. The van der Waals surface area contributed by atoms with Crippen molar-refractivity contribution in [3.63, 3.8) is 0 Å². The van der Waals surface area contributed by atoms with Gasteiger partial charge in [0.2, 0.25) is 0 Å². The first kappa shape index (κ1) is 28.7. The molecule has 7 heteroatoms. The zero-order valence-corrected chi connectivity index (χ0v) is 24.7. The van der Waals surface area contributed by atoms with Gasteiger partial charge in [0.1, 0.15) is 0 Å². The minimum absolute atomic E-state index is 0.0910. The molecule has 1 heterocycles. The Balaban J connectivity index is 1.98. The first-order valence-electron chi connectivity index (χ1n) is 13.8. The van der Waals surface area contributed by atoms with Gasteiger partial charge in [-0.05, 0) is 54.7 Å². The Kier molecular flexibility index (Phi) is 8.34. The minimum atomic E-state index is -0.483. The molecule has 0 N–H and O–H groups in total. The van der Waals surface area contributed by atoms with E-state index in [9.17, 15) is 9.59 Å². The molecule has 6 nitrogen and oxygen atoms in total. The number of hydrogen-bond donors (Lipinski definition) is 0. The van der Waals surface area contributed by atoms with Crippen LogP contribution in [-0.2, 0) is 14.3 Å². The molecule has 0 amide bonds. The summed E-state index contributed by atoms with van der Waals surface area (Å²) in [5, 5.41) is 0.428. The molecule has 0 unspecified atom stereocenters. The normalized spacial score (nSPS) is 21.0. The van der Waals surface area contributed by atoms with Crippen molar-refractivity contribution >= 4 is 23.2 Å². The summed E-state index contributed by atoms with van der Waals surface area (Å²) in [4.78, 5) is 30.1. The van der Waals surface area contributed by atoms with Crippen LogP contribution in [0.2, 0.25) is 5.02 Å². The predicted octanol–water partition coefficient (Wildman–Crippen LogP) is 6.86. The molecule has 0 atom stereocenters. The summed E-state index contributed by atoms with van der Waals surface area (Å²) in [6.45, 7) is 14.6. The second kappa shape index (κ2) is 11.1. The number of hydrogen-bond acceptors (Lipinski definition) is 6. The Labute approximate surface area is 232 Å². The second-order valence-electron chi connectivity index (χ2n) is 12.3. The van der Waals surface area contributed by atoms with Crippen LogP contribution >= 0.6 is 11.6 Å². The van der Waals surface area contributed by atoms with Crippen LogP contribution in [0.15, 0.2) is 34.7 Å². The maximum Gasteiger partial charge on any atom is 0.179 e. The molecule has 1 aromatic carbocycles. The van der Waals surface area contributed by atoms with Gasteiger partial charge in [-0.2, -0.15) is 0 Å². The SMILES string of the molecule is CCCOc1c(Cl)cc(C2C3=C(CC(C)(C)CC3=O)N(CCOC)C3=C2C(=O)CC(C)(C)C3)cc1OCC. The van der Waals surface area contributed by atoms with Gasteiger partial charge in [-0.25, -0.2) is 0 Å². The maximum absolute atomic E-state index is 13.9. The first-order chi connectivity index (χ1) is 17.9. The number of halogens is 1. The van der Waals surface area contributed by atoms with Crippen LogP contribution in [0.25, 0.3) is 0 Å². The molecule has 38 heavy (non-hydrogen) atoms. The average Bonchev–Trinajstić information content (AvgIpc) is 2.80. The second-order valence-corrected chi connectivity index (χ2v) is 12.7. The Morgan fingerprint density at radius 2 is 1.47 bits per heavy atom. The first-order valence-corrected chi connectivity index (χ1v) is 14.2. The van der Waals surface area contributed by atoms with Crippen LogP contribution in [0.4, 0.5) is 0 Å². The summed E-state index contributed by atoms with van der Waals surface area (Å²) >= 11 is 6.80. The number of rotatable bonds is 9. The van der Waals surface area contributed by atoms with Crippen molar-refractivity contribution in [1.82, 2.24) is 4.90 Å². The van der Waals surface area contributed by atoms with Gasteiger partial charge in [-0.3, -0.25) is 9.59 Å². The molecule has 0 saturated heterocycles. The Morgan fingerprint density at radius 3 is 1.97 bits per heavy atom. The average molecular weight is 544 g/mol. The molecule has 0 bridgehead atoms. The van der Waals surface area contributed by atoms with Crippen molar-refractivity contribution in [2.45, 2.75) is 79.6 Å². The zero-order chi connectivity index (χ0) is 27.8. The highest BCUT2D eigenvalue weighted by Gasteiger charge is 2.49. The summed E-state index contributed by atoms with van der Waals surface area (Å²) in [6.07, 6.45) is 3.22. The van der Waals surface area contributed by atoms with E-state index in [4.69, 9.17) is 25.8 Å². The van der Waals surface area contributed by atoms with Gasteiger partial charge in [0.15, 0.2) is 23.1 Å². The van der Waals surface area contributed by atoms with E-state index >= 15 is 0 Å². The van der Waals surface area contributed by atoms with Gasteiger partial charge in [0, 0.05) is 55.0 Å². The van der Waals surface area contributed by atoms with Crippen LogP contribution in [0.1, 0.15) is 85.1 Å². The number of ether oxygens (including phenoxy) is 3. The highest BCUT2D eigenvalue weighted by molar-refractivity contribution is 6.32. The van der Waals surface area contributed by atoms with E-state index in [2.05, 4.69) is 32.6 Å². The van der Waals surface area contributed by atoms with Crippen LogP contribution in [-0.4, -0.2) is 49.9 Å². The molecule has 0 aromatic heterocycles. The molecule has 208 valence electrons. The monoisotopic (exact) mass is 543 g/mol. The zero-order valence-electron chi connectivity index (χ0n) is 24.0. The molecule has 4 rings (SSSR count). The number of nitrogens with zero attached hydrogens (tertiary/aromatic N) is 1. The van der Waals surface area contributed by atoms with Crippen molar-refractivity contribution in [1.29, 1.82) is 0 Å². The number of allylic oxidation sites excluding steroid dienone is 4. The maximum atomic E-state index is 13.9. The lowest BCUT2D eigenvalue weighted by Crippen LogP contribution is -2.45. The predicted molar refractivity (Wildman–Crippen MR) is 150 cm³/mol. The number of carbonyl (C=O) groups excluding carboxylic acids is 2. The molecule has 1 aromatic rings. The molecular formula is C31H42ClNO5. The van der Waals surface area contributed by atoms with Crippen molar-refractivity contribution in [2.24, 2.45) is 10.8 Å². The standard InChI is InChI=1S/C31H42ClNO5/c1-8-11-38-29-20(32)13-19(14-25(29)37-9-2)26-27-21(15-30(3,4)17-23(27)34)33(10-12-36-7)22-16-31(5,6)18-24(35)28(22)26/h13-14,26H,8-12,15-18H2,1-7H3. The Morgan fingerprint density at radius 1 is 0.895 bits per heavy atom. The van der Waals surface area contributed by atoms with Crippen molar-refractivity contribution < 1.29 is 23.8 Å². The molecule has 0 fully saturated rings. The minimum Gasteiger partial charge on any atom is -0.490 e. The van der Waals surface area contributed by atoms with E-state index in [0.717, 1.165) is 36.2 Å². The van der Waals surface area contributed by atoms with Crippen molar-refractivity contribution in [3.8, 4) is 11.5 Å². The highest BCUT2D eigenvalue weighted by Crippen LogP contribution is 2.55.